The number of rotatable bonds is 7. The molecule has 1 amide bonds. The molecule has 32 heavy (non-hydrogen) atoms. The molecule has 6 N–H and O–H groups in total. The van der Waals surface area contributed by atoms with Crippen molar-refractivity contribution in [2.75, 3.05) is 11.1 Å². The Morgan fingerprint density at radius 3 is 2.41 bits per heavy atom. The molecule has 0 spiro atoms. The second-order valence-corrected chi connectivity index (χ2v) is 6.87. The van der Waals surface area contributed by atoms with E-state index < -0.39 is 12.1 Å². The molecular weight excluding hydrogens is 412 g/mol. The van der Waals surface area contributed by atoms with Crippen LogP contribution in [-0.4, -0.2) is 28.0 Å². The van der Waals surface area contributed by atoms with Crippen LogP contribution in [0.1, 0.15) is 12.5 Å². The zero-order valence-electron chi connectivity index (χ0n) is 17.2. The summed E-state index contributed by atoms with van der Waals surface area (Å²) in [5, 5.41) is 20.1. The fourth-order valence-corrected chi connectivity index (χ4v) is 2.61. The van der Waals surface area contributed by atoms with Gasteiger partial charge in [-0.2, -0.15) is 0 Å². The maximum Gasteiger partial charge on any atom is 0.418 e. The van der Waals surface area contributed by atoms with Gasteiger partial charge >= 0.3 is 6.09 Å². The monoisotopic (exact) mass is 434 g/mol. The molecule has 0 saturated carbocycles. The van der Waals surface area contributed by atoms with Crippen LogP contribution in [0, 0.1) is 0 Å². The van der Waals surface area contributed by atoms with Crippen LogP contribution in [0.4, 0.5) is 27.8 Å². The third-order valence-corrected chi connectivity index (χ3v) is 4.39. The van der Waals surface area contributed by atoms with Crippen LogP contribution in [-0.2, 0) is 11.2 Å². The van der Waals surface area contributed by atoms with Gasteiger partial charge < -0.3 is 21.3 Å². The Hall–Kier alpha value is -4.31. The minimum atomic E-state index is -0.756. The Morgan fingerprint density at radius 2 is 1.75 bits per heavy atom. The first-order valence-corrected chi connectivity index (χ1v) is 9.62. The summed E-state index contributed by atoms with van der Waals surface area (Å²) in [5.41, 5.74) is 13.0. The fourth-order valence-electron chi connectivity index (χ4n) is 2.61. The molecule has 0 bridgehead atoms. The number of nitrogen functional groups attached to an aromatic ring is 1. The zero-order chi connectivity index (χ0) is 23.1. The predicted molar refractivity (Wildman–Crippen MR) is 119 cm³/mol. The highest BCUT2D eigenvalue weighted by atomic mass is 16.6. The van der Waals surface area contributed by atoms with E-state index in [2.05, 4.69) is 20.5 Å². The highest BCUT2D eigenvalue weighted by Gasteiger charge is 2.11. The molecule has 0 aliphatic carbocycles. The van der Waals surface area contributed by atoms with Crippen LogP contribution < -0.4 is 21.5 Å². The fraction of sp³-hybridized carbons (Fsp3) is 0.136. The molecule has 10 heteroatoms. The number of anilines is 2. The molecule has 2 aromatic carbocycles. The summed E-state index contributed by atoms with van der Waals surface area (Å²) in [6.07, 6.45) is -0.354. The molecule has 0 fully saturated rings. The van der Waals surface area contributed by atoms with Crippen molar-refractivity contribution < 1.29 is 19.4 Å². The van der Waals surface area contributed by atoms with E-state index in [1.165, 1.54) is 25.1 Å². The number of ether oxygens (including phenoxy) is 1. The standard InChI is InChI=1S/C22H22N6O4/c1-13(29)16(23)12-14-6-8-15(9-7-14)32-22(31)26-20-11-10-18(21(24)25-20)28-27-17-4-2-3-5-19(17)30/h2-11,16,30H,12,23H2,1H3,(H3,24,25,26,31)/b28-27+/t16-/m0/s1. The van der Waals surface area contributed by atoms with E-state index in [0.717, 1.165) is 5.56 Å². The van der Waals surface area contributed by atoms with E-state index in [1.807, 2.05) is 0 Å². The van der Waals surface area contributed by atoms with Crippen molar-refractivity contribution in [2.24, 2.45) is 16.0 Å². The van der Waals surface area contributed by atoms with Crippen molar-refractivity contribution in [1.82, 2.24) is 4.98 Å². The lowest BCUT2D eigenvalue weighted by atomic mass is 10.0. The van der Waals surface area contributed by atoms with Crippen molar-refractivity contribution in [3.8, 4) is 11.5 Å². The van der Waals surface area contributed by atoms with Crippen molar-refractivity contribution in [3.63, 3.8) is 0 Å². The number of Topliss-reactive ketones (excluding diaryl/α,β-unsaturated/α-hetero) is 1. The highest BCUT2D eigenvalue weighted by Crippen LogP contribution is 2.29. The van der Waals surface area contributed by atoms with Crippen LogP contribution >= 0.6 is 0 Å². The Bertz CT molecular complexity index is 1150. The summed E-state index contributed by atoms with van der Waals surface area (Å²) in [5.74, 6) is 0.399. The number of hydrogen-bond donors (Lipinski definition) is 4. The zero-order valence-corrected chi connectivity index (χ0v) is 17.2. The molecule has 3 aromatic rings. The average Bonchev–Trinajstić information content (AvgIpc) is 2.75. The Kier molecular flexibility index (Phi) is 7.09. The number of carbonyl (C=O) groups is 2. The van der Waals surface area contributed by atoms with E-state index in [-0.39, 0.29) is 34.5 Å². The third kappa shape index (κ3) is 6.09. The number of para-hydroxylation sites is 1. The van der Waals surface area contributed by atoms with E-state index in [9.17, 15) is 14.7 Å². The molecule has 1 aromatic heterocycles. The third-order valence-electron chi connectivity index (χ3n) is 4.39. The molecular formula is C22H22N6O4. The largest absolute Gasteiger partial charge is 0.506 e. The second kappa shape index (κ2) is 10.1. The first kappa shape index (κ1) is 22.4. The van der Waals surface area contributed by atoms with Crippen LogP contribution in [0.25, 0.3) is 0 Å². The van der Waals surface area contributed by atoms with Gasteiger partial charge in [-0.3, -0.25) is 10.1 Å². The summed E-state index contributed by atoms with van der Waals surface area (Å²) in [6, 6.07) is 15.6. The van der Waals surface area contributed by atoms with E-state index >= 15 is 0 Å². The topological polar surface area (TPSA) is 165 Å². The molecule has 0 aliphatic heterocycles. The number of benzene rings is 2. The number of nitrogens with zero attached hydrogens (tertiary/aromatic N) is 3. The van der Waals surface area contributed by atoms with Gasteiger partial charge in [0, 0.05) is 0 Å². The smallest absolute Gasteiger partial charge is 0.418 e. The van der Waals surface area contributed by atoms with Crippen LogP contribution in [0.2, 0.25) is 0 Å². The quantitative estimate of drug-likeness (QED) is 0.410. The van der Waals surface area contributed by atoms with Gasteiger partial charge in [-0.1, -0.05) is 24.3 Å². The first-order valence-electron chi connectivity index (χ1n) is 9.62. The van der Waals surface area contributed by atoms with Gasteiger partial charge in [0.05, 0.1) is 6.04 Å². The SMILES string of the molecule is CC(=O)[C@@H](N)Cc1ccc(OC(=O)Nc2ccc(/N=N/c3ccccc3O)c(N)n2)cc1. The summed E-state index contributed by atoms with van der Waals surface area (Å²) in [4.78, 5) is 27.4. The molecule has 1 atom stereocenters. The summed E-state index contributed by atoms with van der Waals surface area (Å²) in [7, 11) is 0. The molecule has 0 saturated heterocycles. The predicted octanol–water partition coefficient (Wildman–Crippen LogP) is 3.85. The number of hydrogen-bond acceptors (Lipinski definition) is 9. The number of nitrogens with two attached hydrogens (primary N) is 2. The Labute approximate surface area is 183 Å². The highest BCUT2D eigenvalue weighted by molar-refractivity contribution is 5.86. The van der Waals surface area contributed by atoms with Gasteiger partial charge in [-0.15, -0.1) is 10.2 Å². The maximum atomic E-state index is 12.1. The lowest BCUT2D eigenvalue weighted by Gasteiger charge is -2.09. The summed E-state index contributed by atoms with van der Waals surface area (Å²) < 4.78 is 5.22. The molecule has 0 unspecified atom stereocenters. The molecule has 1 heterocycles. The van der Waals surface area contributed by atoms with Crippen LogP contribution in [0.15, 0.2) is 70.9 Å². The first-order chi connectivity index (χ1) is 15.3. The minimum Gasteiger partial charge on any atom is -0.506 e. The normalized spacial score (nSPS) is 11.8. The number of nitrogens with one attached hydrogen (secondary N) is 1. The number of amides is 1. The lowest BCUT2D eigenvalue weighted by molar-refractivity contribution is -0.118. The summed E-state index contributed by atoms with van der Waals surface area (Å²) >= 11 is 0. The minimum absolute atomic E-state index is 0.0152. The molecule has 0 radical (unpaired) electrons. The molecule has 0 aliphatic rings. The second-order valence-electron chi connectivity index (χ2n) is 6.87. The van der Waals surface area contributed by atoms with Crippen molar-refractivity contribution >= 4 is 34.9 Å². The van der Waals surface area contributed by atoms with Gasteiger partial charge in [0.15, 0.2) is 5.82 Å². The average molecular weight is 434 g/mol. The van der Waals surface area contributed by atoms with E-state index in [0.29, 0.717) is 12.2 Å². The Morgan fingerprint density at radius 1 is 1.06 bits per heavy atom. The number of ketones is 1. The number of carbonyl (C=O) groups excluding carboxylic acids is 2. The van der Waals surface area contributed by atoms with Crippen molar-refractivity contribution in [2.45, 2.75) is 19.4 Å². The number of pyridine rings is 1. The number of azo groups is 1. The van der Waals surface area contributed by atoms with E-state index in [4.69, 9.17) is 16.2 Å². The number of aromatic nitrogens is 1. The number of aromatic hydroxyl groups is 1. The molecule has 10 nitrogen and oxygen atoms in total. The molecule has 3 rings (SSSR count). The van der Waals surface area contributed by atoms with Gasteiger partial charge in [-0.25, -0.2) is 9.78 Å². The van der Waals surface area contributed by atoms with E-state index in [1.54, 1.807) is 42.5 Å². The summed E-state index contributed by atoms with van der Waals surface area (Å²) in [6.45, 7) is 1.44. The van der Waals surface area contributed by atoms with Crippen LogP contribution in [0.5, 0.6) is 11.5 Å². The van der Waals surface area contributed by atoms with Gasteiger partial charge in [0.1, 0.15) is 34.5 Å². The van der Waals surface area contributed by atoms with Crippen LogP contribution in [0.3, 0.4) is 0 Å². The number of phenols is 1. The lowest BCUT2D eigenvalue weighted by Crippen LogP contribution is -2.30. The van der Waals surface area contributed by atoms with Crippen molar-refractivity contribution in [3.05, 3.63) is 66.2 Å². The van der Waals surface area contributed by atoms with Gasteiger partial charge in [0.2, 0.25) is 0 Å². The van der Waals surface area contributed by atoms with Gasteiger partial charge in [0.25, 0.3) is 0 Å². The maximum absolute atomic E-state index is 12.1. The Balaban J connectivity index is 1.59. The van der Waals surface area contributed by atoms with Crippen molar-refractivity contribution in [1.29, 1.82) is 0 Å². The van der Waals surface area contributed by atoms with Gasteiger partial charge in [-0.05, 0) is 55.3 Å². The number of phenolic OH excluding ortho intramolecular Hbond substituents is 1. The molecule has 164 valence electrons.